The zero-order valence-electron chi connectivity index (χ0n) is 15.5. The molecule has 0 spiro atoms. The lowest BCUT2D eigenvalue weighted by molar-refractivity contribution is 0.400. The van der Waals surface area contributed by atoms with Crippen LogP contribution in [-0.2, 0) is 4.43 Å². The van der Waals surface area contributed by atoms with Crippen molar-refractivity contribution in [2.75, 3.05) is 7.11 Å². The van der Waals surface area contributed by atoms with Crippen molar-refractivity contribution in [3.8, 4) is 0 Å². The highest BCUT2D eigenvalue weighted by Crippen LogP contribution is 2.17. The minimum atomic E-state index is -1.28. The van der Waals surface area contributed by atoms with Crippen LogP contribution in [0.2, 0.25) is 19.1 Å². The minimum Gasteiger partial charge on any atom is -0.420 e. The third kappa shape index (κ3) is 16.4. The van der Waals surface area contributed by atoms with Gasteiger partial charge in [0.1, 0.15) is 0 Å². The van der Waals surface area contributed by atoms with Gasteiger partial charge in [-0.2, -0.15) is 0 Å². The van der Waals surface area contributed by atoms with Gasteiger partial charge < -0.3 is 4.43 Å². The van der Waals surface area contributed by atoms with Gasteiger partial charge in [-0.3, -0.25) is 0 Å². The summed E-state index contributed by atoms with van der Waals surface area (Å²) in [6, 6.07) is 1.33. The topological polar surface area (TPSA) is 9.23 Å². The van der Waals surface area contributed by atoms with E-state index < -0.39 is 8.32 Å². The monoisotopic (exact) mass is 314 g/mol. The van der Waals surface area contributed by atoms with Crippen molar-refractivity contribution in [2.45, 2.75) is 116 Å². The van der Waals surface area contributed by atoms with Crippen LogP contribution >= 0.6 is 0 Å². The van der Waals surface area contributed by atoms with E-state index in [2.05, 4.69) is 20.0 Å². The Bertz CT molecular complexity index is 204. The predicted octanol–water partition coefficient (Wildman–Crippen LogP) is 7.32. The van der Waals surface area contributed by atoms with Gasteiger partial charge in [-0.15, -0.1) is 0 Å². The standard InChI is InChI=1S/C19H42OSi/c1-5-6-7-8-9-10-11-12-13-14-15-16-17-18-19-21(3,4)20-2/h5-19H2,1-4H3. The van der Waals surface area contributed by atoms with Gasteiger partial charge in [0.2, 0.25) is 0 Å². The zero-order chi connectivity index (χ0) is 15.8. The van der Waals surface area contributed by atoms with Crippen LogP contribution in [0.4, 0.5) is 0 Å². The van der Waals surface area contributed by atoms with E-state index in [4.69, 9.17) is 4.43 Å². The van der Waals surface area contributed by atoms with E-state index in [-0.39, 0.29) is 0 Å². The molecule has 0 radical (unpaired) electrons. The molecule has 0 rings (SSSR count). The fraction of sp³-hybridized carbons (Fsp3) is 1.00. The van der Waals surface area contributed by atoms with Crippen LogP contribution in [-0.4, -0.2) is 15.4 Å². The SMILES string of the molecule is CCCCCCCCCCCCCCCC[Si](C)(C)OC. The van der Waals surface area contributed by atoms with Crippen LogP contribution < -0.4 is 0 Å². The second kappa shape index (κ2) is 15.1. The van der Waals surface area contributed by atoms with E-state index in [1.807, 2.05) is 7.11 Å². The third-order valence-electron chi connectivity index (χ3n) is 4.68. The summed E-state index contributed by atoms with van der Waals surface area (Å²) in [4.78, 5) is 0. The van der Waals surface area contributed by atoms with Crippen LogP contribution in [0, 0.1) is 0 Å². The Balaban J connectivity index is 3.06. The summed E-state index contributed by atoms with van der Waals surface area (Å²) in [6.45, 7) is 6.95. The summed E-state index contributed by atoms with van der Waals surface area (Å²) >= 11 is 0. The van der Waals surface area contributed by atoms with Gasteiger partial charge in [-0.25, -0.2) is 0 Å². The van der Waals surface area contributed by atoms with Gasteiger partial charge in [-0.1, -0.05) is 96.8 Å². The summed E-state index contributed by atoms with van der Waals surface area (Å²) in [5.74, 6) is 0. The maximum Gasteiger partial charge on any atom is 0.186 e. The number of hydrogen-bond donors (Lipinski definition) is 0. The molecule has 0 heterocycles. The highest BCUT2D eigenvalue weighted by atomic mass is 28.4. The van der Waals surface area contributed by atoms with E-state index >= 15 is 0 Å². The molecular formula is C19H42OSi. The molecule has 1 nitrogen and oxygen atoms in total. The average molecular weight is 315 g/mol. The Morgan fingerprint density at radius 3 is 1.24 bits per heavy atom. The zero-order valence-corrected chi connectivity index (χ0v) is 16.5. The van der Waals surface area contributed by atoms with Crippen LogP contribution in [0.1, 0.15) is 96.8 Å². The van der Waals surface area contributed by atoms with Gasteiger partial charge in [-0.05, 0) is 19.1 Å². The van der Waals surface area contributed by atoms with E-state index in [1.54, 1.807) is 0 Å². The molecular weight excluding hydrogens is 272 g/mol. The van der Waals surface area contributed by atoms with Crippen molar-refractivity contribution in [1.29, 1.82) is 0 Å². The highest BCUT2D eigenvalue weighted by Gasteiger charge is 2.18. The summed E-state index contributed by atoms with van der Waals surface area (Å²) in [5.41, 5.74) is 0. The summed E-state index contributed by atoms with van der Waals surface area (Å²) in [7, 11) is 0.605. The lowest BCUT2D eigenvalue weighted by atomic mass is 10.0. The molecule has 21 heavy (non-hydrogen) atoms. The second-order valence-corrected chi connectivity index (χ2v) is 11.7. The van der Waals surface area contributed by atoms with Crippen molar-refractivity contribution < 1.29 is 4.43 Å². The maximum absolute atomic E-state index is 5.59. The van der Waals surface area contributed by atoms with Crippen molar-refractivity contribution in [3.63, 3.8) is 0 Å². The molecule has 0 unspecified atom stereocenters. The Morgan fingerprint density at radius 2 is 0.905 bits per heavy atom. The molecule has 0 aromatic heterocycles. The Labute approximate surface area is 136 Å². The van der Waals surface area contributed by atoms with Crippen LogP contribution in [0.25, 0.3) is 0 Å². The number of unbranched alkanes of at least 4 members (excludes halogenated alkanes) is 13. The minimum absolute atomic E-state index is 1.28. The van der Waals surface area contributed by atoms with E-state index in [0.717, 1.165) is 0 Å². The molecule has 0 bridgehead atoms. The second-order valence-electron chi connectivity index (χ2n) is 7.31. The Morgan fingerprint density at radius 1 is 0.571 bits per heavy atom. The lowest BCUT2D eigenvalue weighted by Gasteiger charge is -2.19. The Hall–Kier alpha value is 0.177. The summed E-state index contributed by atoms with van der Waals surface area (Å²) in [5, 5.41) is 0. The summed E-state index contributed by atoms with van der Waals surface area (Å²) < 4.78 is 5.59. The molecule has 0 aromatic carbocycles. The third-order valence-corrected chi connectivity index (χ3v) is 7.35. The molecule has 0 aliphatic carbocycles. The molecule has 128 valence electrons. The molecule has 0 saturated carbocycles. The molecule has 0 atom stereocenters. The molecule has 0 saturated heterocycles. The van der Waals surface area contributed by atoms with E-state index in [9.17, 15) is 0 Å². The maximum atomic E-state index is 5.59. The first-order valence-electron chi connectivity index (χ1n) is 9.67. The van der Waals surface area contributed by atoms with E-state index in [1.165, 1.54) is 95.9 Å². The van der Waals surface area contributed by atoms with Gasteiger partial charge in [0.25, 0.3) is 0 Å². The number of rotatable bonds is 16. The van der Waals surface area contributed by atoms with Gasteiger partial charge in [0.05, 0.1) is 0 Å². The smallest absolute Gasteiger partial charge is 0.186 e. The summed E-state index contributed by atoms with van der Waals surface area (Å²) in [6.07, 6.45) is 20.2. The fourth-order valence-corrected chi connectivity index (χ4v) is 4.15. The number of hydrogen-bond acceptors (Lipinski definition) is 1. The first kappa shape index (κ1) is 21.2. The molecule has 0 fully saturated rings. The van der Waals surface area contributed by atoms with Gasteiger partial charge in [0.15, 0.2) is 8.32 Å². The highest BCUT2D eigenvalue weighted by molar-refractivity contribution is 6.71. The van der Waals surface area contributed by atoms with Crippen molar-refractivity contribution in [3.05, 3.63) is 0 Å². The first-order valence-corrected chi connectivity index (χ1v) is 12.8. The quantitative estimate of drug-likeness (QED) is 0.214. The molecule has 0 amide bonds. The molecule has 0 aromatic rings. The first-order chi connectivity index (χ1) is 10.1. The molecule has 0 aliphatic heterocycles. The average Bonchev–Trinajstić information content (AvgIpc) is 2.47. The van der Waals surface area contributed by atoms with Crippen molar-refractivity contribution >= 4 is 8.32 Å². The molecule has 2 heteroatoms. The van der Waals surface area contributed by atoms with Crippen molar-refractivity contribution in [2.24, 2.45) is 0 Å². The van der Waals surface area contributed by atoms with Crippen LogP contribution in [0.5, 0.6) is 0 Å². The van der Waals surface area contributed by atoms with Crippen LogP contribution in [0.3, 0.4) is 0 Å². The lowest BCUT2D eigenvalue weighted by Crippen LogP contribution is -2.27. The van der Waals surface area contributed by atoms with Gasteiger partial charge >= 0.3 is 0 Å². The van der Waals surface area contributed by atoms with Crippen molar-refractivity contribution in [1.82, 2.24) is 0 Å². The molecule has 0 N–H and O–H groups in total. The predicted molar refractivity (Wildman–Crippen MR) is 99.6 cm³/mol. The normalized spacial score (nSPS) is 12.0. The Kier molecular flexibility index (Phi) is 15.2. The van der Waals surface area contributed by atoms with E-state index in [0.29, 0.717) is 0 Å². The molecule has 0 aliphatic rings. The largest absolute Gasteiger partial charge is 0.420 e. The van der Waals surface area contributed by atoms with Crippen LogP contribution in [0.15, 0.2) is 0 Å². The fourth-order valence-electron chi connectivity index (χ4n) is 2.85. The van der Waals surface area contributed by atoms with Gasteiger partial charge in [0, 0.05) is 7.11 Å².